The van der Waals surface area contributed by atoms with Crippen molar-refractivity contribution >= 4 is 54.8 Å². The number of carbonyl (C=O) groups excluding carboxylic acids is 2. The summed E-state index contributed by atoms with van der Waals surface area (Å²) < 4.78 is 63.2. The summed E-state index contributed by atoms with van der Waals surface area (Å²) in [6.07, 6.45) is 0.0987. The molecule has 2 aromatic carbocycles. The lowest BCUT2D eigenvalue weighted by Gasteiger charge is -2.18. The quantitative estimate of drug-likeness (QED) is 0.543. The first-order valence-corrected chi connectivity index (χ1v) is 13.1. The summed E-state index contributed by atoms with van der Waals surface area (Å²) in [6.45, 7) is 3.29. The molecule has 0 aliphatic carbocycles. The first-order valence-electron chi connectivity index (χ1n) is 10.2. The average Bonchev–Trinajstić information content (AvgIpc) is 3.23. The Kier molecular flexibility index (Phi) is 6.09. The fourth-order valence-electron chi connectivity index (χ4n) is 3.87. The average molecular weight is 521 g/mol. The van der Waals surface area contributed by atoms with Gasteiger partial charge >= 0.3 is 0 Å². The number of hydrazone groups is 2. The molecule has 12 nitrogen and oxygen atoms in total. The van der Waals surface area contributed by atoms with Crippen LogP contribution in [0.15, 0.2) is 68.5 Å². The Bertz CT molecular complexity index is 1370. The van der Waals surface area contributed by atoms with Crippen molar-refractivity contribution in [2.75, 3.05) is 10.0 Å². The number of hydrogen-bond donors (Lipinski definition) is 2. The maximum atomic E-state index is 13.1. The maximum Gasteiger partial charge on any atom is 0.294 e. The summed E-state index contributed by atoms with van der Waals surface area (Å²) in [4.78, 5) is 25.5. The topological polar surface area (TPSA) is 174 Å². The van der Waals surface area contributed by atoms with E-state index in [4.69, 9.17) is 9.11 Å². The summed E-state index contributed by atoms with van der Waals surface area (Å²) in [5.41, 5.74) is 1.52. The molecule has 2 aliphatic rings. The molecule has 184 valence electrons. The molecule has 0 bridgehead atoms. The number of benzene rings is 2. The third kappa shape index (κ3) is 4.73. The highest BCUT2D eigenvalue weighted by molar-refractivity contribution is 7.86. The number of nitrogens with zero attached hydrogens (tertiary/aromatic N) is 4. The third-order valence-electron chi connectivity index (χ3n) is 5.77. The van der Waals surface area contributed by atoms with Crippen LogP contribution in [0, 0.1) is 11.8 Å². The highest BCUT2D eigenvalue weighted by atomic mass is 32.2. The van der Waals surface area contributed by atoms with Gasteiger partial charge in [-0.1, -0.05) is 0 Å². The molecule has 2 atom stereocenters. The Morgan fingerprint density at radius 3 is 1.29 bits per heavy atom. The molecule has 2 amide bonds. The van der Waals surface area contributed by atoms with E-state index in [0.29, 0.717) is 22.8 Å². The number of rotatable bonds is 6. The van der Waals surface area contributed by atoms with Crippen LogP contribution in [0.2, 0.25) is 0 Å². The van der Waals surface area contributed by atoms with Crippen molar-refractivity contribution in [2.45, 2.75) is 30.1 Å². The van der Waals surface area contributed by atoms with Crippen LogP contribution in [-0.4, -0.2) is 49.2 Å². The van der Waals surface area contributed by atoms with Crippen LogP contribution in [0.4, 0.5) is 11.4 Å². The fourth-order valence-corrected chi connectivity index (χ4v) is 4.83. The molecule has 2 N–H and O–H groups in total. The van der Waals surface area contributed by atoms with Crippen LogP contribution in [0.5, 0.6) is 0 Å². The van der Waals surface area contributed by atoms with Crippen molar-refractivity contribution in [2.24, 2.45) is 22.0 Å². The third-order valence-corrected chi connectivity index (χ3v) is 7.50. The number of carbonyl (C=O) groups is 2. The molecule has 2 heterocycles. The smallest absolute Gasteiger partial charge is 0.282 e. The molecular weight excluding hydrogens is 500 g/mol. The van der Waals surface area contributed by atoms with E-state index in [1.165, 1.54) is 24.3 Å². The zero-order valence-electron chi connectivity index (χ0n) is 18.4. The van der Waals surface area contributed by atoms with Gasteiger partial charge in [0, 0.05) is 11.4 Å². The minimum atomic E-state index is -4.38. The molecule has 35 heavy (non-hydrogen) atoms. The molecule has 0 unspecified atom stereocenters. The van der Waals surface area contributed by atoms with Gasteiger partial charge < -0.3 is 0 Å². The second kappa shape index (κ2) is 8.64. The maximum absolute atomic E-state index is 13.1. The van der Waals surface area contributed by atoms with Crippen molar-refractivity contribution in [3.63, 3.8) is 0 Å². The molecule has 0 saturated carbocycles. The van der Waals surface area contributed by atoms with Gasteiger partial charge in [0.2, 0.25) is 0 Å². The summed E-state index contributed by atoms with van der Waals surface area (Å²) >= 11 is 0. The van der Waals surface area contributed by atoms with Crippen molar-refractivity contribution in [1.29, 1.82) is 0 Å². The second-order valence-electron chi connectivity index (χ2n) is 8.06. The lowest BCUT2D eigenvalue weighted by molar-refractivity contribution is -0.121. The summed E-state index contributed by atoms with van der Waals surface area (Å²) in [5.74, 6) is -2.26. The largest absolute Gasteiger partial charge is 0.294 e. The molecule has 0 saturated heterocycles. The van der Waals surface area contributed by atoms with Crippen LogP contribution in [0.25, 0.3) is 0 Å². The van der Waals surface area contributed by atoms with Gasteiger partial charge in [-0.3, -0.25) is 18.7 Å². The van der Waals surface area contributed by atoms with Gasteiger partial charge in [-0.15, -0.1) is 0 Å². The van der Waals surface area contributed by atoms with Crippen molar-refractivity contribution in [1.82, 2.24) is 0 Å². The Balaban J connectivity index is 1.50. The highest BCUT2D eigenvalue weighted by Gasteiger charge is 2.42. The molecule has 0 radical (unpaired) electrons. The van der Waals surface area contributed by atoms with Crippen molar-refractivity contribution in [3.8, 4) is 0 Å². The number of amides is 2. The predicted molar refractivity (Wildman–Crippen MR) is 125 cm³/mol. The van der Waals surface area contributed by atoms with Crippen LogP contribution in [0.3, 0.4) is 0 Å². The van der Waals surface area contributed by atoms with E-state index in [1.54, 1.807) is 13.8 Å². The van der Waals surface area contributed by atoms with E-state index < -0.39 is 43.9 Å². The van der Waals surface area contributed by atoms with Gasteiger partial charge in [0.25, 0.3) is 32.1 Å². The zero-order valence-corrected chi connectivity index (χ0v) is 20.1. The zero-order chi connectivity index (χ0) is 25.7. The Morgan fingerprint density at radius 1 is 0.686 bits per heavy atom. The molecule has 4 rings (SSSR count). The molecule has 2 aromatic rings. The van der Waals surface area contributed by atoms with E-state index in [9.17, 15) is 26.4 Å². The molecule has 14 heteroatoms. The normalized spacial score (nSPS) is 20.9. The lowest BCUT2D eigenvalue weighted by Crippen LogP contribution is -2.33. The first kappa shape index (κ1) is 24.7. The minimum Gasteiger partial charge on any atom is -0.282 e. The van der Waals surface area contributed by atoms with Crippen LogP contribution < -0.4 is 10.0 Å². The van der Waals surface area contributed by atoms with Gasteiger partial charge in [0.05, 0.1) is 33.0 Å². The van der Waals surface area contributed by atoms with Crippen LogP contribution in [-0.2, 0) is 29.8 Å². The molecule has 2 aliphatic heterocycles. The van der Waals surface area contributed by atoms with E-state index in [-0.39, 0.29) is 16.2 Å². The lowest BCUT2D eigenvalue weighted by atomic mass is 9.88. The molecular formula is C21H20N4O8S2. The second-order valence-corrected chi connectivity index (χ2v) is 10.9. The minimum absolute atomic E-state index is 0.0987. The summed E-state index contributed by atoms with van der Waals surface area (Å²) in [5, 5.41) is 10.7. The van der Waals surface area contributed by atoms with Gasteiger partial charge in [-0.05, 0) is 68.8 Å². The van der Waals surface area contributed by atoms with E-state index in [0.717, 1.165) is 34.3 Å². The SMILES string of the molecule is CC1=NN(c2ccc(S(=O)(=O)O)cc2)C(=O)[C@H]1C[C@H]1C(=O)N(c2ccc(S(=O)(=O)O)cc2)N=C1C. The van der Waals surface area contributed by atoms with E-state index in [1.807, 2.05) is 0 Å². The van der Waals surface area contributed by atoms with Crippen molar-refractivity contribution in [3.05, 3.63) is 48.5 Å². The van der Waals surface area contributed by atoms with Crippen LogP contribution in [0.1, 0.15) is 20.3 Å². The van der Waals surface area contributed by atoms with E-state index in [2.05, 4.69) is 10.2 Å². The highest BCUT2D eigenvalue weighted by Crippen LogP contribution is 2.33. The van der Waals surface area contributed by atoms with E-state index >= 15 is 0 Å². The molecule has 0 spiro atoms. The van der Waals surface area contributed by atoms with Gasteiger partial charge in [0.15, 0.2) is 0 Å². The Morgan fingerprint density at radius 2 is 1.00 bits per heavy atom. The first-order chi connectivity index (χ1) is 16.3. The molecule has 0 aromatic heterocycles. The van der Waals surface area contributed by atoms with Crippen LogP contribution >= 0.6 is 0 Å². The van der Waals surface area contributed by atoms with Gasteiger partial charge in [-0.25, -0.2) is 10.0 Å². The summed E-state index contributed by atoms with van der Waals surface area (Å²) in [7, 11) is -8.76. The van der Waals surface area contributed by atoms with Crippen molar-refractivity contribution < 1.29 is 35.5 Å². The molecule has 0 fully saturated rings. The number of anilines is 2. The monoisotopic (exact) mass is 520 g/mol. The number of hydrogen-bond acceptors (Lipinski definition) is 8. The predicted octanol–water partition coefficient (Wildman–Crippen LogP) is 1.95. The fraction of sp³-hybridized carbons (Fsp3) is 0.238. The Hall–Kier alpha value is -3.46. The Labute approximate surface area is 201 Å². The summed E-state index contributed by atoms with van der Waals surface area (Å²) in [6, 6.07) is 9.96. The standard InChI is InChI=1S/C21H20N4O8S2/c1-12-18(20(26)24(22-12)14-3-7-16(8-4-14)34(28,29)30)11-19-13(2)23-25(21(19)27)15-5-9-17(10-6-15)35(31,32)33/h3-10,18-19H,11H2,1-2H3,(H,28,29,30)(H,31,32,33)/t18-,19+. The van der Waals surface area contributed by atoms with Gasteiger partial charge in [-0.2, -0.15) is 27.0 Å². The van der Waals surface area contributed by atoms with Gasteiger partial charge in [0.1, 0.15) is 0 Å².